The van der Waals surface area contributed by atoms with Crippen LogP contribution in [0, 0.1) is 5.92 Å². The van der Waals surface area contributed by atoms with E-state index in [-0.39, 0.29) is 18.5 Å². The molecular formula is C8H15N3O2. The van der Waals surface area contributed by atoms with Crippen molar-refractivity contribution in [3.05, 3.63) is 0 Å². The molecule has 0 aliphatic heterocycles. The molecule has 5 heteroatoms. The molecule has 4 N–H and O–H groups in total. The van der Waals surface area contributed by atoms with Crippen molar-refractivity contribution >= 4 is 11.9 Å². The maximum absolute atomic E-state index is 11.1. The van der Waals surface area contributed by atoms with E-state index >= 15 is 0 Å². The summed E-state index contributed by atoms with van der Waals surface area (Å²) in [4.78, 5) is 21.3. The van der Waals surface area contributed by atoms with Gasteiger partial charge in [0, 0.05) is 6.04 Å². The summed E-state index contributed by atoms with van der Waals surface area (Å²) in [5, 5.41) is 5.03. The molecule has 1 fully saturated rings. The number of nitrogens with one attached hydrogen (secondary N) is 2. The van der Waals surface area contributed by atoms with Crippen LogP contribution in [0.3, 0.4) is 0 Å². The Kier molecular flexibility index (Phi) is 3.11. The van der Waals surface area contributed by atoms with E-state index in [4.69, 9.17) is 5.73 Å². The number of primary amides is 1. The lowest BCUT2D eigenvalue weighted by Crippen LogP contribution is -2.47. The van der Waals surface area contributed by atoms with Crippen molar-refractivity contribution in [2.24, 2.45) is 11.7 Å². The summed E-state index contributed by atoms with van der Waals surface area (Å²) in [5.41, 5.74) is 4.81. The Morgan fingerprint density at radius 3 is 2.54 bits per heavy atom. The summed E-state index contributed by atoms with van der Waals surface area (Å²) < 4.78 is 0. The van der Waals surface area contributed by atoms with Crippen LogP contribution in [0.2, 0.25) is 0 Å². The predicted octanol–water partition coefficient (Wildman–Crippen LogP) is -0.431. The Hall–Kier alpha value is -1.26. The van der Waals surface area contributed by atoms with E-state index in [9.17, 15) is 9.59 Å². The third-order valence-electron chi connectivity index (χ3n) is 2.16. The first kappa shape index (κ1) is 9.83. The summed E-state index contributed by atoms with van der Waals surface area (Å²) >= 11 is 0. The van der Waals surface area contributed by atoms with E-state index in [1.54, 1.807) is 0 Å². The molecule has 5 nitrogen and oxygen atoms in total. The lowest BCUT2D eigenvalue weighted by atomic mass is 9.82. The van der Waals surface area contributed by atoms with Gasteiger partial charge < -0.3 is 16.4 Å². The number of urea groups is 1. The molecule has 1 aliphatic carbocycles. The van der Waals surface area contributed by atoms with Gasteiger partial charge in [-0.25, -0.2) is 4.79 Å². The van der Waals surface area contributed by atoms with Crippen LogP contribution < -0.4 is 16.4 Å². The fraction of sp³-hybridized carbons (Fsp3) is 0.750. The van der Waals surface area contributed by atoms with E-state index in [1.165, 1.54) is 0 Å². The monoisotopic (exact) mass is 185 g/mol. The van der Waals surface area contributed by atoms with Crippen molar-refractivity contribution < 1.29 is 9.59 Å². The minimum absolute atomic E-state index is 0.0276. The maximum atomic E-state index is 11.1. The molecule has 1 saturated carbocycles. The summed E-state index contributed by atoms with van der Waals surface area (Å²) in [6.07, 6.45) is 2.06. The van der Waals surface area contributed by atoms with Crippen molar-refractivity contribution in [1.29, 1.82) is 0 Å². The van der Waals surface area contributed by atoms with Crippen LogP contribution in [-0.2, 0) is 4.79 Å². The molecule has 0 bridgehead atoms. The van der Waals surface area contributed by atoms with Crippen LogP contribution in [0.15, 0.2) is 0 Å². The molecule has 0 aromatic heterocycles. The molecule has 0 unspecified atom stereocenters. The zero-order valence-corrected chi connectivity index (χ0v) is 7.67. The van der Waals surface area contributed by atoms with Gasteiger partial charge in [-0.05, 0) is 18.8 Å². The molecule has 3 amide bonds. The summed E-state index contributed by atoms with van der Waals surface area (Å²) in [7, 11) is 0. The minimum Gasteiger partial charge on any atom is -0.352 e. The maximum Gasteiger partial charge on any atom is 0.312 e. The average Bonchev–Trinajstić information content (AvgIpc) is 1.98. The molecule has 0 radical (unpaired) electrons. The second-order valence-electron chi connectivity index (χ2n) is 3.56. The van der Waals surface area contributed by atoms with Crippen molar-refractivity contribution in [2.45, 2.75) is 25.8 Å². The highest BCUT2D eigenvalue weighted by Gasteiger charge is 2.26. The molecule has 0 atom stereocenters. The van der Waals surface area contributed by atoms with Crippen molar-refractivity contribution in [3.8, 4) is 0 Å². The van der Waals surface area contributed by atoms with E-state index in [2.05, 4.69) is 17.6 Å². The molecule has 0 saturated heterocycles. The molecule has 13 heavy (non-hydrogen) atoms. The van der Waals surface area contributed by atoms with Gasteiger partial charge in [-0.15, -0.1) is 0 Å². The molecule has 0 spiro atoms. The SMILES string of the molecule is CC1CC(NC(=O)CNC(N)=O)C1. The number of nitrogens with two attached hydrogens (primary N) is 1. The Morgan fingerprint density at radius 2 is 2.08 bits per heavy atom. The Labute approximate surface area is 77.1 Å². The van der Waals surface area contributed by atoms with Crippen molar-refractivity contribution in [1.82, 2.24) is 10.6 Å². The largest absolute Gasteiger partial charge is 0.352 e. The van der Waals surface area contributed by atoms with Gasteiger partial charge in [0.15, 0.2) is 0 Å². The van der Waals surface area contributed by atoms with E-state index < -0.39 is 6.03 Å². The van der Waals surface area contributed by atoms with Crippen LogP contribution in [-0.4, -0.2) is 24.5 Å². The van der Waals surface area contributed by atoms with Crippen molar-refractivity contribution in [2.75, 3.05) is 6.54 Å². The van der Waals surface area contributed by atoms with Gasteiger partial charge in [0.2, 0.25) is 5.91 Å². The fourth-order valence-electron chi connectivity index (χ4n) is 1.47. The Balaban J connectivity index is 2.08. The number of hydrogen-bond donors (Lipinski definition) is 3. The molecule has 1 rings (SSSR count). The Bertz CT molecular complexity index is 211. The quantitative estimate of drug-likeness (QED) is 0.557. The molecule has 0 aromatic rings. The van der Waals surface area contributed by atoms with Gasteiger partial charge in [-0.2, -0.15) is 0 Å². The molecule has 0 aromatic carbocycles. The summed E-state index contributed by atoms with van der Waals surface area (Å²) in [6, 6.07) is -0.380. The van der Waals surface area contributed by atoms with E-state index in [0.29, 0.717) is 5.92 Å². The number of carbonyl (C=O) groups excluding carboxylic acids is 2. The van der Waals surface area contributed by atoms with Gasteiger partial charge in [-0.3, -0.25) is 4.79 Å². The smallest absolute Gasteiger partial charge is 0.312 e. The Morgan fingerprint density at radius 1 is 1.46 bits per heavy atom. The van der Waals surface area contributed by atoms with Crippen LogP contribution >= 0.6 is 0 Å². The van der Waals surface area contributed by atoms with Crippen LogP contribution in [0.4, 0.5) is 4.79 Å². The summed E-state index contributed by atoms with van der Waals surface area (Å²) in [5.74, 6) is 0.532. The van der Waals surface area contributed by atoms with Crippen molar-refractivity contribution in [3.63, 3.8) is 0 Å². The van der Waals surface area contributed by atoms with Gasteiger partial charge in [0.25, 0.3) is 0 Å². The number of carbonyl (C=O) groups is 2. The van der Waals surface area contributed by atoms with Gasteiger partial charge in [0.05, 0.1) is 6.54 Å². The van der Waals surface area contributed by atoms with E-state index in [1.807, 2.05) is 0 Å². The van der Waals surface area contributed by atoms with Gasteiger partial charge in [-0.1, -0.05) is 6.92 Å². The predicted molar refractivity (Wildman–Crippen MR) is 47.9 cm³/mol. The second-order valence-corrected chi connectivity index (χ2v) is 3.56. The minimum atomic E-state index is -0.669. The first-order chi connectivity index (χ1) is 6.08. The van der Waals surface area contributed by atoms with Crippen LogP contribution in [0.5, 0.6) is 0 Å². The topological polar surface area (TPSA) is 84.2 Å². The normalized spacial score (nSPS) is 25.9. The third kappa shape index (κ3) is 3.31. The first-order valence-corrected chi connectivity index (χ1v) is 4.40. The third-order valence-corrected chi connectivity index (χ3v) is 2.16. The zero-order valence-electron chi connectivity index (χ0n) is 7.67. The average molecular weight is 185 g/mol. The van der Waals surface area contributed by atoms with E-state index in [0.717, 1.165) is 12.8 Å². The lowest BCUT2D eigenvalue weighted by molar-refractivity contribution is -0.121. The van der Waals surface area contributed by atoms with Crippen LogP contribution in [0.25, 0.3) is 0 Å². The molecule has 0 heterocycles. The zero-order chi connectivity index (χ0) is 9.84. The molecular weight excluding hydrogens is 170 g/mol. The first-order valence-electron chi connectivity index (χ1n) is 4.40. The number of rotatable bonds is 3. The molecule has 74 valence electrons. The molecule has 1 aliphatic rings. The highest BCUT2D eigenvalue weighted by Crippen LogP contribution is 2.25. The van der Waals surface area contributed by atoms with Crippen LogP contribution in [0.1, 0.15) is 19.8 Å². The lowest BCUT2D eigenvalue weighted by Gasteiger charge is -2.33. The highest BCUT2D eigenvalue weighted by molar-refractivity contribution is 5.83. The fourth-order valence-corrected chi connectivity index (χ4v) is 1.47. The van der Waals surface area contributed by atoms with Gasteiger partial charge in [0.1, 0.15) is 0 Å². The highest BCUT2D eigenvalue weighted by atomic mass is 16.2. The standard InChI is InChI=1S/C8H15N3O2/c1-5-2-6(3-5)11-7(12)4-10-8(9)13/h5-6H,2-4H2,1H3,(H,11,12)(H3,9,10,13). The number of hydrogen-bond acceptors (Lipinski definition) is 2. The summed E-state index contributed by atoms with van der Waals surface area (Å²) in [6.45, 7) is 2.12. The second kappa shape index (κ2) is 4.11. The number of amides is 3. The van der Waals surface area contributed by atoms with Gasteiger partial charge >= 0.3 is 6.03 Å².